The normalized spacial score (nSPS) is 8.29. The summed E-state index contributed by atoms with van der Waals surface area (Å²) in [5.74, 6) is 0. The fraction of sp³-hybridized carbons (Fsp3) is 0.500. The quantitative estimate of drug-likeness (QED) is 0.485. The van der Waals surface area contributed by atoms with E-state index in [4.69, 9.17) is 10.2 Å². The minimum Gasteiger partial charge on any atom is -0.464 e. The van der Waals surface area contributed by atoms with E-state index in [0.717, 1.165) is 4.31 Å². The second kappa shape index (κ2) is 2.70. The number of nitrogens with two attached hydrogens (primary N) is 1. The Morgan fingerprint density at radius 2 is 2.43 bits per heavy atom. The van der Waals surface area contributed by atoms with Crippen molar-refractivity contribution in [3.05, 3.63) is 0 Å². The summed E-state index contributed by atoms with van der Waals surface area (Å²) in [5.41, 5.74) is 0. The predicted molar refractivity (Wildman–Crippen MR) is 27.6 cm³/mol. The first-order valence-electron chi connectivity index (χ1n) is 1.52. The molecule has 0 aromatic rings. The maximum Gasteiger partial charge on any atom is 0.418 e. The molecule has 0 aliphatic rings. The van der Waals surface area contributed by atoms with E-state index in [9.17, 15) is 4.79 Å². The first-order valence-corrected chi connectivity index (χ1v) is 2.35. The van der Waals surface area contributed by atoms with Crippen LogP contribution in [0.5, 0.6) is 0 Å². The summed E-state index contributed by atoms with van der Waals surface area (Å²) in [6.07, 6.45) is -1.03. The molecule has 0 aromatic heterocycles. The van der Waals surface area contributed by atoms with Crippen LogP contribution < -0.4 is 5.14 Å². The van der Waals surface area contributed by atoms with Crippen molar-refractivity contribution in [1.29, 1.82) is 0 Å². The van der Waals surface area contributed by atoms with Gasteiger partial charge in [0.1, 0.15) is 0 Å². The lowest BCUT2D eigenvalue weighted by atomic mass is 11.1. The minimum atomic E-state index is -1.03. The van der Waals surface area contributed by atoms with Gasteiger partial charge >= 0.3 is 6.09 Å². The lowest BCUT2D eigenvalue weighted by Crippen LogP contribution is -2.18. The Kier molecular flexibility index (Phi) is 2.54. The van der Waals surface area contributed by atoms with Crippen molar-refractivity contribution in [2.45, 2.75) is 0 Å². The molecule has 7 heavy (non-hydrogen) atoms. The van der Waals surface area contributed by atoms with Crippen LogP contribution in [0, 0.1) is 0 Å². The molecule has 0 aliphatic heterocycles. The molecule has 3 N–H and O–H groups in total. The Balaban J connectivity index is 3.34. The lowest BCUT2D eigenvalue weighted by molar-refractivity contribution is 0.181. The number of hydrogen-bond donors (Lipinski definition) is 2. The van der Waals surface area contributed by atoms with Crippen molar-refractivity contribution in [3.63, 3.8) is 0 Å². The molecule has 0 unspecified atom stereocenters. The summed E-state index contributed by atoms with van der Waals surface area (Å²) >= 11 is 0.667. The maximum absolute atomic E-state index is 9.76. The average molecular weight is 122 g/mol. The summed E-state index contributed by atoms with van der Waals surface area (Å²) in [4.78, 5) is 9.76. The highest BCUT2D eigenvalue weighted by atomic mass is 32.2. The minimum absolute atomic E-state index is 0.667. The van der Waals surface area contributed by atoms with Gasteiger partial charge in [0, 0.05) is 19.2 Å². The molecule has 0 saturated carbocycles. The summed E-state index contributed by atoms with van der Waals surface area (Å²) in [6.45, 7) is 0. The van der Waals surface area contributed by atoms with Gasteiger partial charge in [0.15, 0.2) is 0 Å². The molecule has 0 spiro atoms. The van der Waals surface area contributed by atoms with Crippen LogP contribution in [0.4, 0.5) is 4.79 Å². The van der Waals surface area contributed by atoms with Gasteiger partial charge in [0.25, 0.3) is 0 Å². The topological polar surface area (TPSA) is 66.6 Å². The number of rotatable bonds is 1. The van der Waals surface area contributed by atoms with E-state index in [1.807, 2.05) is 0 Å². The Labute approximate surface area is 45.6 Å². The summed E-state index contributed by atoms with van der Waals surface area (Å²) in [7, 11) is 1.37. The van der Waals surface area contributed by atoms with Crippen LogP contribution in [0.2, 0.25) is 0 Å². The van der Waals surface area contributed by atoms with Crippen molar-refractivity contribution in [2.24, 2.45) is 5.14 Å². The third-order valence-electron chi connectivity index (χ3n) is 0.427. The summed E-state index contributed by atoms with van der Waals surface area (Å²) < 4.78 is 0.903. The van der Waals surface area contributed by atoms with Gasteiger partial charge in [-0.1, -0.05) is 0 Å². The molecule has 0 fully saturated rings. The predicted octanol–water partition coefficient (Wildman–Crippen LogP) is 0.118. The summed E-state index contributed by atoms with van der Waals surface area (Å²) in [6, 6.07) is 0. The molecule has 5 heteroatoms. The van der Waals surface area contributed by atoms with E-state index >= 15 is 0 Å². The Bertz CT molecular complexity index is 76.1. The zero-order valence-corrected chi connectivity index (χ0v) is 4.60. The molecule has 0 heterocycles. The molecule has 0 radical (unpaired) electrons. The third kappa shape index (κ3) is 2.30. The highest BCUT2D eigenvalue weighted by Gasteiger charge is 1.99. The zero-order valence-electron chi connectivity index (χ0n) is 3.79. The van der Waals surface area contributed by atoms with E-state index in [2.05, 4.69) is 0 Å². The smallest absolute Gasteiger partial charge is 0.418 e. The molecule has 42 valence electrons. The van der Waals surface area contributed by atoms with E-state index in [1.54, 1.807) is 0 Å². The van der Waals surface area contributed by atoms with Gasteiger partial charge in [-0.25, -0.2) is 9.10 Å². The fourth-order valence-electron chi connectivity index (χ4n) is 0.0451. The van der Waals surface area contributed by atoms with Gasteiger partial charge < -0.3 is 5.11 Å². The van der Waals surface area contributed by atoms with E-state index in [1.165, 1.54) is 7.05 Å². The van der Waals surface area contributed by atoms with Gasteiger partial charge in [0.05, 0.1) is 0 Å². The van der Waals surface area contributed by atoms with Crippen LogP contribution in [0.3, 0.4) is 0 Å². The van der Waals surface area contributed by atoms with Crippen molar-refractivity contribution in [2.75, 3.05) is 7.05 Å². The van der Waals surface area contributed by atoms with Crippen LogP contribution >= 0.6 is 12.1 Å². The second-order valence-electron chi connectivity index (χ2n) is 0.885. The number of amides is 1. The van der Waals surface area contributed by atoms with Crippen molar-refractivity contribution < 1.29 is 9.90 Å². The molecule has 0 bridgehead atoms. The monoisotopic (exact) mass is 122 g/mol. The molecule has 0 aliphatic carbocycles. The van der Waals surface area contributed by atoms with Gasteiger partial charge in [-0.15, -0.1) is 0 Å². The number of carbonyl (C=O) groups is 1. The fourth-order valence-corrected chi connectivity index (χ4v) is 0.135. The number of carboxylic acid groups (broad SMARTS) is 1. The lowest BCUT2D eigenvalue weighted by Gasteiger charge is -2.04. The van der Waals surface area contributed by atoms with Crippen LogP contribution in [0.25, 0.3) is 0 Å². The van der Waals surface area contributed by atoms with Crippen LogP contribution in [-0.2, 0) is 0 Å². The maximum atomic E-state index is 9.76. The molecule has 0 atom stereocenters. The largest absolute Gasteiger partial charge is 0.464 e. The number of hydrogen-bond acceptors (Lipinski definition) is 3. The van der Waals surface area contributed by atoms with E-state index in [-0.39, 0.29) is 0 Å². The molecular weight excluding hydrogens is 116 g/mol. The van der Waals surface area contributed by atoms with Crippen molar-refractivity contribution in [1.82, 2.24) is 4.31 Å². The van der Waals surface area contributed by atoms with Crippen molar-refractivity contribution >= 4 is 18.2 Å². The molecule has 1 amide bonds. The highest BCUT2D eigenvalue weighted by Crippen LogP contribution is 1.93. The molecule has 4 nitrogen and oxygen atoms in total. The van der Waals surface area contributed by atoms with Crippen LogP contribution in [0.15, 0.2) is 0 Å². The van der Waals surface area contributed by atoms with Crippen LogP contribution in [0.1, 0.15) is 0 Å². The Morgan fingerprint density at radius 1 is 2.00 bits per heavy atom. The van der Waals surface area contributed by atoms with Crippen LogP contribution in [-0.4, -0.2) is 22.6 Å². The van der Waals surface area contributed by atoms with Gasteiger partial charge in [-0.2, -0.15) is 0 Å². The Hall–Kier alpha value is -0.420. The molecule has 0 aromatic carbocycles. The molecule has 0 rings (SSSR count). The highest BCUT2D eigenvalue weighted by molar-refractivity contribution is 7.95. The van der Waals surface area contributed by atoms with Gasteiger partial charge in [-0.05, 0) is 0 Å². The summed E-state index contributed by atoms with van der Waals surface area (Å²) in [5, 5.41) is 12.8. The van der Waals surface area contributed by atoms with Crippen molar-refractivity contribution in [3.8, 4) is 0 Å². The van der Waals surface area contributed by atoms with E-state index < -0.39 is 6.09 Å². The first-order chi connectivity index (χ1) is 3.18. The SMILES string of the molecule is CN(SN)C(=O)O. The zero-order chi connectivity index (χ0) is 5.86. The van der Waals surface area contributed by atoms with Gasteiger partial charge in [-0.3, -0.25) is 5.14 Å². The molecule has 0 saturated heterocycles. The second-order valence-corrected chi connectivity index (χ2v) is 1.64. The third-order valence-corrected chi connectivity index (χ3v) is 0.900. The average Bonchev–Trinajstić information content (AvgIpc) is 1.65. The van der Waals surface area contributed by atoms with Gasteiger partial charge in [0.2, 0.25) is 0 Å². The first kappa shape index (κ1) is 6.58. The number of nitrogens with zero attached hydrogens (tertiary/aromatic N) is 1. The molecular formula is C2H6N2O2S. The Morgan fingerprint density at radius 3 is 2.43 bits per heavy atom. The van der Waals surface area contributed by atoms with E-state index in [0.29, 0.717) is 12.1 Å². The standard InChI is InChI=1S/C2H6N2O2S/c1-4(7-3)2(5)6/h3H2,1H3,(H,5,6).